The number of nitrogens with one attached hydrogen (secondary N) is 2. The molecule has 1 fully saturated rings. The molecule has 1 aliphatic rings. The van der Waals surface area contributed by atoms with Crippen molar-refractivity contribution in [1.82, 2.24) is 14.7 Å². The van der Waals surface area contributed by atoms with Crippen LogP contribution in [0.2, 0.25) is 0 Å². The Kier molecular flexibility index (Phi) is 5.84. The third-order valence-electron chi connectivity index (χ3n) is 5.15. The fourth-order valence-corrected chi connectivity index (χ4v) is 3.94. The molecule has 0 unspecified atom stereocenters. The SMILES string of the molecule is CS(=O)(=O)NCc1ccc(-c2c[nH]c3nccc(OCC4CCOCC4)c23)cc1. The Hall–Kier alpha value is -2.42. The maximum absolute atomic E-state index is 11.3. The number of pyridine rings is 1. The number of hydrogen-bond acceptors (Lipinski definition) is 5. The van der Waals surface area contributed by atoms with Crippen molar-refractivity contribution >= 4 is 21.1 Å². The van der Waals surface area contributed by atoms with E-state index in [4.69, 9.17) is 9.47 Å². The van der Waals surface area contributed by atoms with Gasteiger partial charge in [0.25, 0.3) is 0 Å². The maximum Gasteiger partial charge on any atom is 0.209 e. The van der Waals surface area contributed by atoms with Crippen LogP contribution in [0, 0.1) is 5.92 Å². The predicted octanol–water partition coefficient (Wildman–Crippen LogP) is 3.08. The van der Waals surface area contributed by atoms with Crippen molar-refractivity contribution in [2.75, 3.05) is 26.1 Å². The zero-order valence-electron chi connectivity index (χ0n) is 16.3. The minimum atomic E-state index is -3.21. The summed E-state index contributed by atoms with van der Waals surface area (Å²) in [5.41, 5.74) is 3.71. The van der Waals surface area contributed by atoms with Gasteiger partial charge in [0, 0.05) is 37.7 Å². The summed E-state index contributed by atoms with van der Waals surface area (Å²) in [6, 6.07) is 9.72. The summed E-state index contributed by atoms with van der Waals surface area (Å²) in [5.74, 6) is 1.33. The Morgan fingerprint density at radius 1 is 1.21 bits per heavy atom. The molecule has 1 saturated heterocycles. The van der Waals surface area contributed by atoms with Crippen LogP contribution < -0.4 is 9.46 Å². The third kappa shape index (κ3) is 4.95. The standard InChI is InChI=1S/C21H25N3O4S/c1-29(25,26)24-12-15-2-4-17(5-3-15)18-13-23-21-20(18)19(6-9-22-21)28-14-16-7-10-27-11-8-16/h2-6,9,13,16,24H,7-8,10-12,14H2,1H3,(H,22,23). The first kappa shape index (κ1) is 19.9. The van der Waals surface area contributed by atoms with E-state index in [-0.39, 0.29) is 6.54 Å². The summed E-state index contributed by atoms with van der Waals surface area (Å²) in [5, 5.41) is 0.960. The number of nitrogens with zero attached hydrogens (tertiary/aromatic N) is 1. The normalized spacial score (nSPS) is 15.6. The highest BCUT2D eigenvalue weighted by Crippen LogP contribution is 2.35. The fourth-order valence-electron chi connectivity index (χ4n) is 3.51. The van der Waals surface area contributed by atoms with Crippen molar-refractivity contribution in [2.24, 2.45) is 5.92 Å². The van der Waals surface area contributed by atoms with Crippen LogP contribution in [0.15, 0.2) is 42.7 Å². The second-order valence-electron chi connectivity index (χ2n) is 7.39. The molecule has 0 spiro atoms. The number of sulfonamides is 1. The zero-order valence-corrected chi connectivity index (χ0v) is 17.2. The lowest BCUT2D eigenvalue weighted by atomic mass is 10.0. The molecule has 0 amide bonds. The van der Waals surface area contributed by atoms with Crippen LogP contribution in [-0.4, -0.2) is 44.5 Å². The highest BCUT2D eigenvalue weighted by molar-refractivity contribution is 7.88. The predicted molar refractivity (Wildman–Crippen MR) is 112 cm³/mol. The van der Waals surface area contributed by atoms with Gasteiger partial charge in [0.1, 0.15) is 11.4 Å². The van der Waals surface area contributed by atoms with Gasteiger partial charge in [-0.05, 0) is 36.0 Å². The molecule has 3 heterocycles. The van der Waals surface area contributed by atoms with Crippen molar-refractivity contribution in [3.8, 4) is 16.9 Å². The lowest BCUT2D eigenvalue weighted by molar-refractivity contribution is 0.0500. The van der Waals surface area contributed by atoms with Crippen molar-refractivity contribution in [1.29, 1.82) is 0 Å². The molecule has 4 rings (SSSR count). The van der Waals surface area contributed by atoms with E-state index < -0.39 is 10.0 Å². The van der Waals surface area contributed by atoms with E-state index in [0.717, 1.165) is 65.8 Å². The minimum Gasteiger partial charge on any atom is -0.492 e. The molecule has 154 valence electrons. The molecule has 0 atom stereocenters. The monoisotopic (exact) mass is 415 g/mol. The first-order valence-electron chi connectivity index (χ1n) is 9.70. The lowest BCUT2D eigenvalue weighted by Gasteiger charge is -2.22. The second kappa shape index (κ2) is 8.52. The molecular weight excluding hydrogens is 390 g/mol. The van der Waals surface area contributed by atoms with Crippen molar-refractivity contribution in [2.45, 2.75) is 19.4 Å². The van der Waals surface area contributed by atoms with Gasteiger partial charge in [-0.3, -0.25) is 0 Å². The topological polar surface area (TPSA) is 93.3 Å². The molecule has 1 aromatic carbocycles. The number of aromatic amines is 1. The third-order valence-corrected chi connectivity index (χ3v) is 5.82. The van der Waals surface area contributed by atoms with Crippen molar-refractivity contribution in [3.05, 3.63) is 48.3 Å². The quantitative estimate of drug-likeness (QED) is 0.619. The molecule has 0 radical (unpaired) electrons. The highest BCUT2D eigenvalue weighted by Gasteiger charge is 2.17. The summed E-state index contributed by atoms with van der Waals surface area (Å²) in [7, 11) is -3.21. The van der Waals surface area contributed by atoms with Gasteiger partial charge in [0.2, 0.25) is 10.0 Å². The van der Waals surface area contributed by atoms with Gasteiger partial charge in [-0.1, -0.05) is 24.3 Å². The molecule has 3 aromatic rings. The molecular formula is C21H25N3O4S. The van der Waals surface area contributed by atoms with E-state index in [2.05, 4.69) is 14.7 Å². The summed E-state index contributed by atoms with van der Waals surface area (Å²) in [6.45, 7) is 2.54. The Bertz CT molecular complexity index is 1070. The molecule has 0 aliphatic carbocycles. The molecule has 2 aromatic heterocycles. The fraction of sp³-hybridized carbons (Fsp3) is 0.381. The van der Waals surface area contributed by atoms with Crippen LogP contribution >= 0.6 is 0 Å². The maximum atomic E-state index is 11.3. The van der Waals surface area contributed by atoms with Crippen molar-refractivity contribution < 1.29 is 17.9 Å². The number of H-pyrrole nitrogens is 1. The number of rotatable bonds is 7. The molecule has 0 saturated carbocycles. The van der Waals surface area contributed by atoms with Gasteiger partial charge < -0.3 is 14.5 Å². The molecule has 2 N–H and O–H groups in total. The zero-order chi connectivity index (χ0) is 20.3. The van der Waals surface area contributed by atoms with Crippen LogP contribution in [0.25, 0.3) is 22.2 Å². The Balaban J connectivity index is 1.55. The van der Waals surface area contributed by atoms with Crippen LogP contribution in [-0.2, 0) is 21.3 Å². The summed E-state index contributed by atoms with van der Waals surface area (Å²) >= 11 is 0. The van der Waals surface area contributed by atoms with Gasteiger partial charge in [-0.15, -0.1) is 0 Å². The van der Waals surface area contributed by atoms with Crippen LogP contribution in [0.4, 0.5) is 0 Å². The van der Waals surface area contributed by atoms with Gasteiger partial charge in [-0.25, -0.2) is 18.1 Å². The second-order valence-corrected chi connectivity index (χ2v) is 9.23. The van der Waals surface area contributed by atoms with Gasteiger partial charge in [0.15, 0.2) is 0 Å². The Morgan fingerprint density at radius 2 is 1.97 bits per heavy atom. The van der Waals surface area contributed by atoms with E-state index in [9.17, 15) is 8.42 Å². The average molecular weight is 416 g/mol. The number of benzene rings is 1. The number of aromatic nitrogens is 2. The average Bonchev–Trinajstić information content (AvgIpc) is 3.16. The smallest absolute Gasteiger partial charge is 0.209 e. The van der Waals surface area contributed by atoms with Crippen LogP contribution in [0.1, 0.15) is 18.4 Å². The summed E-state index contributed by atoms with van der Waals surface area (Å²) in [4.78, 5) is 7.65. The van der Waals surface area contributed by atoms with E-state index >= 15 is 0 Å². The van der Waals surface area contributed by atoms with Gasteiger partial charge in [-0.2, -0.15) is 0 Å². The summed E-state index contributed by atoms with van der Waals surface area (Å²) in [6.07, 6.45) is 6.89. The van der Waals surface area contributed by atoms with Crippen LogP contribution in [0.5, 0.6) is 5.75 Å². The minimum absolute atomic E-state index is 0.272. The molecule has 29 heavy (non-hydrogen) atoms. The summed E-state index contributed by atoms with van der Waals surface area (Å²) < 4.78 is 36.7. The molecule has 7 nitrogen and oxygen atoms in total. The number of ether oxygens (including phenoxy) is 2. The highest BCUT2D eigenvalue weighted by atomic mass is 32.2. The number of fused-ring (bicyclic) bond motifs is 1. The first-order chi connectivity index (χ1) is 14.0. The molecule has 1 aliphatic heterocycles. The largest absolute Gasteiger partial charge is 0.492 e. The van der Waals surface area contributed by atoms with E-state index in [1.54, 1.807) is 6.20 Å². The van der Waals surface area contributed by atoms with Crippen LogP contribution in [0.3, 0.4) is 0 Å². The molecule has 0 bridgehead atoms. The van der Waals surface area contributed by atoms with E-state index in [1.807, 2.05) is 36.5 Å². The van der Waals surface area contributed by atoms with Gasteiger partial charge >= 0.3 is 0 Å². The molecule has 8 heteroatoms. The van der Waals surface area contributed by atoms with Gasteiger partial charge in [0.05, 0.1) is 18.2 Å². The number of hydrogen-bond donors (Lipinski definition) is 2. The lowest BCUT2D eigenvalue weighted by Crippen LogP contribution is -2.21. The first-order valence-corrected chi connectivity index (χ1v) is 11.6. The van der Waals surface area contributed by atoms with E-state index in [0.29, 0.717) is 12.5 Å². The van der Waals surface area contributed by atoms with E-state index in [1.165, 1.54) is 0 Å². The Labute approximate surface area is 170 Å². The van der Waals surface area contributed by atoms with Crippen molar-refractivity contribution in [3.63, 3.8) is 0 Å². The Morgan fingerprint density at radius 3 is 2.69 bits per heavy atom.